The van der Waals surface area contributed by atoms with Gasteiger partial charge in [-0.1, -0.05) is 12.1 Å². The van der Waals surface area contributed by atoms with Gasteiger partial charge in [0.2, 0.25) is 0 Å². The van der Waals surface area contributed by atoms with Crippen molar-refractivity contribution in [2.24, 2.45) is 5.92 Å². The maximum absolute atomic E-state index is 5.54. The van der Waals surface area contributed by atoms with Gasteiger partial charge in [0.1, 0.15) is 5.75 Å². The number of likely N-dealkylation sites (N-methyl/N-ethyl adjacent to an activating group) is 1. The Bertz CT molecular complexity index is 411. The molecule has 0 amide bonds. The minimum atomic E-state index is 0.752. The van der Waals surface area contributed by atoms with Crippen LogP contribution < -0.4 is 10.1 Å². The van der Waals surface area contributed by atoms with Gasteiger partial charge in [-0.05, 0) is 76.0 Å². The van der Waals surface area contributed by atoms with Crippen LogP contribution in [0.15, 0.2) is 18.2 Å². The number of piperidine rings is 1. The van der Waals surface area contributed by atoms with Crippen molar-refractivity contribution in [3.05, 3.63) is 29.3 Å². The zero-order valence-corrected chi connectivity index (χ0v) is 13.1. The number of hydrogen-bond donors (Lipinski definition) is 1. The van der Waals surface area contributed by atoms with Crippen molar-refractivity contribution in [2.45, 2.75) is 25.7 Å². The van der Waals surface area contributed by atoms with Gasteiger partial charge in [-0.25, -0.2) is 0 Å². The smallest absolute Gasteiger partial charge is 0.122 e. The predicted molar refractivity (Wildman–Crippen MR) is 84.5 cm³/mol. The summed E-state index contributed by atoms with van der Waals surface area (Å²) in [6.45, 7) is 3.42. The molecule has 1 N–H and O–H groups in total. The SMILES string of the molecule is COc1ccc(CCN(C)C)cc1CC1CCCNC1. The Hall–Kier alpha value is -1.06. The van der Waals surface area contributed by atoms with Crippen LogP contribution in [0.25, 0.3) is 0 Å². The highest BCUT2D eigenvalue weighted by Gasteiger charge is 2.16. The van der Waals surface area contributed by atoms with Gasteiger partial charge in [0.25, 0.3) is 0 Å². The van der Waals surface area contributed by atoms with Gasteiger partial charge in [0.05, 0.1) is 7.11 Å². The molecule has 1 aliphatic heterocycles. The second kappa shape index (κ2) is 7.65. The van der Waals surface area contributed by atoms with Crippen LogP contribution in [-0.2, 0) is 12.8 Å². The zero-order valence-electron chi connectivity index (χ0n) is 13.1. The first kappa shape index (κ1) is 15.3. The Morgan fingerprint density at radius 3 is 2.85 bits per heavy atom. The fourth-order valence-corrected chi connectivity index (χ4v) is 2.91. The second-order valence-corrected chi connectivity index (χ2v) is 6.12. The van der Waals surface area contributed by atoms with Gasteiger partial charge in [-0.15, -0.1) is 0 Å². The Labute approximate surface area is 123 Å². The van der Waals surface area contributed by atoms with E-state index < -0.39 is 0 Å². The van der Waals surface area contributed by atoms with E-state index in [0.29, 0.717) is 0 Å². The number of hydrogen-bond acceptors (Lipinski definition) is 3. The predicted octanol–water partition coefficient (Wildman–Crippen LogP) is 2.34. The van der Waals surface area contributed by atoms with Crippen LogP contribution in [-0.4, -0.2) is 45.7 Å². The molecule has 0 bridgehead atoms. The summed E-state index contributed by atoms with van der Waals surface area (Å²) in [7, 11) is 6.02. The van der Waals surface area contributed by atoms with Crippen molar-refractivity contribution in [3.63, 3.8) is 0 Å². The summed E-state index contributed by atoms with van der Waals surface area (Å²) in [5.74, 6) is 1.80. The Morgan fingerprint density at radius 2 is 2.20 bits per heavy atom. The van der Waals surface area contributed by atoms with Gasteiger partial charge in [0.15, 0.2) is 0 Å². The first-order chi connectivity index (χ1) is 9.69. The Kier molecular flexibility index (Phi) is 5.86. The highest BCUT2D eigenvalue weighted by Crippen LogP contribution is 2.25. The molecular weight excluding hydrogens is 248 g/mol. The summed E-state index contributed by atoms with van der Waals surface area (Å²) < 4.78 is 5.54. The molecule has 1 fully saturated rings. The molecule has 2 rings (SSSR count). The topological polar surface area (TPSA) is 24.5 Å². The summed E-state index contributed by atoms with van der Waals surface area (Å²) >= 11 is 0. The standard InChI is InChI=1S/C17H28N2O/c1-19(2)10-8-14-6-7-17(20-3)16(11-14)12-15-5-4-9-18-13-15/h6-7,11,15,18H,4-5,8-10,12-13H2,1-3H3. The van der Waals surface area contributed by atoms with E-state index in [1.165, 1.54) is 30.5 Å². The fraction of sp³-hybridized carbons (Fsp3) is 0.647. The lowest BCUT2D eigenvalue weighted by molar-refractivity contribution is 0.363. The number of methoxy groups -OCH3 is 1. The molecule has 1 atom stereocenters. The molecule has 3 nitrogen and oxygen atoms in total. The molecule has 1 unspecified atom stereocenters. The van der Waals surface area contributed by atoms with Crippen LogP contribution in [0.2, 0.25) is 0 Å². The van der Waals surface area contributed by atoms with Crippen molar-refractivity contribution >= 4 is 0 Å². The van der Waals surface area contributed by atoms with Gasteiger partial charge < -0.3 is 15.0 Å². The van der Waals surface area contributed by atoms with Crippen LogP contribution in [0.4, 0.5) is 0 Å². The second-order valence-electron chi connectivity index (χ2n) is 6.12. The van der Waals surface area contributed by atoms with Crippen LogP contribution >= 0.6 is 0 Å². The molecule has 1 aliphatic rings. The fourth-order valence-electron chi connectivity index (χ4n) is 2.91. The van der Waals surface area contributed by atoms with E-state index in [1.807, 2.05) is 0 Å². The Balaban J connectivity index is 2.05. The highest BCUT2D eigenvalue weighted by atomic mass is 16.5. The average molecular weight is 276 g/mol. The molecule has 0 aromatic heterocycles. The molecule has 0 aliphatic carbocycles. The van der Waals surface area contributed by atoms with Crippen molar-refractivity contribution in [1.29, 1.82) is 0 Å². The minimum absolute atomic E-state index is 0.752. The van der Waals surface area contributed by atoms with E-state index in [9.17, 15) is 0 Å². The van der Waals surface area contributed by atoms with Gasteiger partial charge in [-0.3, -0.25) is 0 Å². The number of nitrogens with one attached hydrogen (secondary N) is 1. The van der Waals surface area contributed by atoms with Gasteiger partial charge in [-0.2, -0.15) is 0 Å². The van der Waals surface area contributed by atoms with Crippen LogP contribution in [0, 0.1) is 5.92 Å². The van der Waals surface area contributed by atoms with Crippen molar-refractivity contribution < 1.29 is 4.74 Å². The third-order valence-electron chi connectivity index (χ3n) is 4.10. The summed E-state index contributed by atoms with van der Waals surface area (Å²) in [5, 5.41) is 3.50. The molecule has 0 spiro atoms. The molecule has 0 saturated carbocycles. The van der Waals surface area contributed by atoms with Crippen molar-refractivity contribution in [3.8, 4) is 5.75 Å². The lowest BCUT2D eigenvalue weighted by atomic mass is 9.91. The molecule has 0 radical (unpaired) electrons. The zero-order chi connectivity index (χ0) is 14.4. The average Bonchev–Trinajstić information content (AvgIpc) is 2.46. The van der Waals surface area contributed by atoms with Crippen LogP contribution in [0.5, 0.6) is 5.75 Å². The van der Waals surface area contributed by atoms with Gasteiger partial charge >= 0.3 is 0 Å². The number of rotatable bonds is 6. The minimum Gasteiger partial charge on any atom is -0.496 e. The molecule has 1 aromatic rings. The molecule has 3 heteroatoms. The van der Waals surface area contributed by atoms with E-state index >= 15 is 0 Å². The molecular formula is C17H28N2O. The van der Waals surface area contributed by atoms with E-state index in [-0.39, 0.29) is 0 Å². The molecule has 112 valence electrons. The summed E-state index contributed by atoms with van der Waals surface area (Å²) in [6.07, 6.45) is 4.87. The lowest BCUT2D eigenvalue weighted by Crippen LogP contribution is -2.30. The van der Waals surface area contributed by atoms with Crippen molar-refractivity contribution in [1.82, 2.24) is 10.2 Å². The van der Waals surface area contributed by atoms with Crippen molar-refractivity contribution in [2.75, 3.05) is 40.8 Å². The maximum atomic E-state index is 5.54. The third kappa shape index (κ3) is 4.50. The monoisotopic (exact) mass is 276 g/mol. The summed E-state index contributed by atoms with van der Waals surface area (Å²) in [4.78, 5) is 2.23. The normalized spacial score (nSPS) is 19.3. The lowest BCUT2D eigenvalue weighted by Gasteiger charge is -2.23. The Morgan fingerprint density at radius 1 is 1.35 bits per heavy atom. The number of ether oxygens (including phenoxy) is 1. The number of benzene rings is 1. The molecule has 20 heavy (non-hydrogen) atoms. The largest absolute Gasteiger partial charge is 0.496 e. The third-order valence-corrected chi connectivity index (χ3v) is 4.10. The molecule has 1 aromatic carbocycles. The molecule has 1 heterocycles. The van der Waals surface area contributed by atoms with E-state index in [0.717, 1.165) is 37.6 Å². The van der Waals surface area contributed by atoms with Crippen LogP contribution in [0.1, 0.15) is 24.0 Å². The molecule has 1 saturated heterocycles. The maximum Gasteiger partial charge on any atom is 0.122 e. The number of nitrogens with zero attached hydrogens (tertiary/aromatic N) is 1. The quantitative estimate of drug-likeness (QED) is 0.863. The van der Waals surface area contributed by atoms with Crippen LogP contribution in [0.3, 0.4) is 0 Å². The highest BCUT2D eigenvalue weighted by molar-refractivity contribution is 5.38. The first-order valence-corrected chi connectivity index (χ1v) is 7.70. The summed E-state index contributed by atoms with van der Waals surface area (Å²) in [5.41, 5.74) is 2.79. The van der Waals surface area contributed by atoms with E-state index in [1.54, 1.807) is 7.11 Å². The van der Waals surface area contributed by atoms with Gasteiger partial charge in [0, 0.05) is 6.54 Å². The summed E-state index contributed by atoms with van der Waals surface area (Å²) in [6, 6.07) is 6.68. The first-order valence-electron chi connectivity index (χ1n) is 7.70. The van der Waals surface area contributed by atoms with E-state index in [2.05, 4.69) is 42.5 Å². The van der Waals surface area contributed by atoms with E-state index in [4.69, 9.17) is 4.74 Å².